The SMILES string of the molecule is O=C(N[C@@H]1C[C@@H]2CCN(C2)C1)c1cc2sc(S)cc2cn1. The molecule has 4 nitrogen and oxygen atoms in total. The fraction of sp³-hybridized carbons (Fsp3) is 0.467. The number of amides is 1. The maximum Gasteiger partial charge on any atom is 0.270 e. The van der Waals surface area contributed by atoms with Crippen LogP contribution in [0, 0.1) is 5.92 Å². The number of carbonyl (C=O) groups excluding carboxylic acids is 1. The number of thiol groups is 1. The average Bonchev–Trinajstić information content (AvgIpc) is 2.99. The largest absolute Gasteiger partial charge is 0.347 e. The van der Waals surface area contributed by atoms with E-state index in [9.17, 15) is 4.79 Å². The standard InChI is InChI=1S/C15H17N3OS2/c19-15(17-11-3-9-1-2-18(7-9)8-11)12-5-13-10(6-16-12)4-14(20)21-13/h4-6,9,11,20H,1-3,7-8H2,(H,17,19)/t9-,11+/m0/s1. The van der Waals surface area contributed by atoms with E-state index in [-0.39, 0.29) is 11.9 Å². The lowest BCUT2D eigenvalue weighted by molar-refractivity contribution is 0.0904. The van der Waals surface area contributed by atoms with Crippen LogP contribution in [0.4, 0.5) is 0 Å². The van der Waals surface area contributed by atoms with Crippen LogP contribution < -0.4 is 5.32 Å². The Hall–Kier alpha value is -1.11. The van der Waals surface area contributed by atoms with Gasteiger partial charge in [0, 0.05) is 35.4 Å². The molecule has 6 heteroatoms. The van der Waals surface area contributed by atoms with E-state index in [2.05, 4.69) is 27.8 Å². The predicted molar refractivity (Wildman–Crippen MR) is 87.3 cm³/mol. The number of rotatable bonds is 2. The molecule has 4 rings (SSSR count). The van der Waals surface area contributed by atoms with Crippen molar-refractivity contribution >= 4 is 40.0 Å². The summed E-state index contributed by atoms with van der Waals surface area (Å²) in [4.78, 5) is 19.1. The van der Waals surface area contributed by atoms with Crippen molar-refractivity contribution in [1.82, 2.24) is 15.2 Å². The summed E-state index contributed by atoms with van der Waals surface area (Å²) in [7, 11) is 0. The third-order valence-electron chi connectivity index (χ3n) is 4.42. The zero-order valence-corrected chi connectivity index (χ0v) is 13.3. The Morgan fingerprint density at radius 1 is 1.43 bits per heavy atom. The van der Waals surface area contributed by atoms with Crippen molar-refractivity contribution in [3.05, 3.63) is 24.0 Å². The van der Waals surface area contributed by atoms with Gasteiger partial charge in [0.1, 0.15) is 5.69 Å². The average molecular weight is 319 g/mol. The molecule has 0 aromatic carbocycles. The molecule has 2 fully saturated rings. The molecule has 2 aromatic rings. The molecule has 2 aliphatic heterocycles. The van der Waals surface area contributed by atoms with E-state index in [0.29, 0.717) is 5.69 Å². The lowest BCUT2D eigenvalue weighted by Crippen LogP contribution is -2.47. The summed E-state index contributed by atoms with van der Waals surface area (Å²) in [5, 5.41) is 4.19. The van der Waals surface area contributed by atoms with E-state index in [4.69, 9.17) is 0 Å². The number of aromatic nitrogens is 1. The van der Waals surface area contributed by atoms with Crippen LogP contribution in [0.2, 0.25) is 0 Å². The van der Waals surface area contributed by atoms with E-state index >= 15 is 0 Å². The van der Waals surface area contributed by atoms with Crippen molar-refractivity contribution in [1.29, 1.82) is 0 Å². The third kappa shape index (κ3) is 2.67. The first kappa shape index (κ1) is 13.5. The van der Waals surface area contributed by atoms with Crippen molar-refractivity contribution in [3.63, 3.8) is 0 Å². The van der Waals surface area contributed by atoms with Gasteiger partial charge in [0.05, 0.1) is 4.21 Å². The van der Waals surface area contributed by atoms with Gasteiger partial charge in [-0.25, -0.2) is 0 Å². The minimum absolute atomic E-state index is 0.0569. The van der Waals surface area contributed by atoms with Crippen LogP contribution >= 0.6 is 24.0 Å². The number of hydrogen-bond donors (Lipinski definition) is 2. The van der Waals surface area contributed by atoms with Crippen LogP contribution in [-0.4, -0.2) is 41.5 Å². The molecule has 0 aliphatic carbocycles. The number of piperidine rings is 1. The second-order valence-electron chi connectivity index (χ2n) is 6.01. The van der Waals surface area contributed by atoms with Crippen molar-refractivity contribution < 1.29 is 4.79 Å². The van der Waals surface area contributed by atoms with Gasteiger partial charge >= 0.3 is 0 Å². The molecule has 2 saturated heterocycles. The predicted octanol–water partition coefficient (Wildman–Crippen LogP) is 2.41. The number of nitrogens with zero attached hydrogens (tertiary/aromatic N) is 2. The fourth-order valence-electron chi connectivity index (χ4n) is 3.47. The maximum absolute atomic E-state index is 12.4. The van der Waals surface area contributed by atoms with Gasteiger partial charge in [-0.15, -0.1) is 24.0 Å². The van der Waals surface area contributed by atoms with E-state index in [1.165, 1.54) is 19.5 Å². The summed E-state index contributed by atoms with van der Waals surface area (Å²) < 4.78 is 2.01. The summed E-state index contributed by atoms with van der Waals surface area (Å²) in [5.41, 5.74) is 0.505. The monoisotopic (exact) mass is 319 g/mol. The van der Waals surface area contributed by atoms with Gasteiger partial charge in [0.2, 0.25) is 0 Å². The molecule has 1 N–H and O–H groups in total. The highest BCUT2D eigenvalue weighted by molar-refractivity contribution is 7.83. The fourth-order valence-corrected chi connectivity index (χ4v) is 4.71. The molecule has 1 unspecified atom stereocenters. The molecule has 2 bridgehead atoms. The zero-order chi connectivity index (χ0) is 14.4. The van der Waals surface area contributed by atoms with Crippen molar-refractivity contribution in [2.24, 2.45) is 5.92 Å². The number of fused-ring (bicyclic) bond motifs is 3. The Labute approximate surface area is 133 Å². The summed E-state index contributed by atoms with van der Waals surface area (Å²) in [6.45, 7) is 3.36. The normalized spacial score (nSPS) is 28.0. The number of pyridine rings is 1. The number of nitrogens with one attached hydrogen (secondary N) is 1. The molecule has 21 heavy (non-hydrogen) atoms. The molecule has 2 aliphatic rings. The first-order valence-electron chi connectivity index (χ1n) is 7.29. The number of hydrogen-bond acceptors (Lipinski definition) is 5. The first-order chi connectivity index (χ1) is 10.2. The van der Waals surface area contributed by atoms with Gasteiger partial charge in [-0.3, -0.25) is 9.78 Å². The molecule has 1 amide bonds. The van der Waals surface area contributed by atoms with E-state index in [0.717, 1.165) is 33.2 Å². The van der Waals surface area contributed by atoms with E-state index in [1.54, 1.807) is 17.5 Å². The lowest BCUT2D eigenvalue weighted by Gasteiger charge is -2.30. The van der Waals surface area contributed by atoms with Gasteiger partial charge in [0.25, 0.3) is 5.91 Å². The van der Waals surface area contributed by atoms with Crippen LogP contribution in [0.3, 0.4) is 0 Å². The van der Waals surface area contributed by atoms with Gasteiger partial charge in [0.15, 0.2) is 0 Å². The number of carbonyl (C=O) groups is 1. The van der Waals surface area contributed by atoms with Gasteiger partial charge < -0.3 is 10.2 Å². The van der Waals surface area contributed by atoms with E-state index < -0.39 is 0 Å². The second kappa shape index (κ2) is 5.26. The summed E-state index contributed by atoms with van der Waals surface area (Å²) in [6.07, 6.45) is 4.13. The molecule has 0 saturated carbocycles. The van der Waals surface area contributed by atoms with Gasteiger partial charge in [-0.1, -0.05) is 0 Å². The smallest absolute Gasteiger partial charge is 0.270 e. The quantitative estimate of drug-likeness (QED) is 0.836. The third-order valence-corrected chi connectivity index (χ3v) is 5.73. The van der Waals surface area contributed by atoms with E-state index in [1.807, 2.05) is 12.1 Å². The van der Waals surface area contributed by atoms with Crippen molar-refractivity contribution in [3.8, 4) is 0 Å². The number of thiophene rings is 1. The Balaban J connectivity index is 1.50. The molecule has 4 heterocycles. The molecule has 3 atom stereocenters. The maximum atomic E-state index is 12.4. The molecule has 110 valence electrons. The van der Waals surface area contributed by atoms with Crippen LogP contribution in [0.25, 0.3) is 10.1 Å². The summed E-state index contributed by atoms with van der Waals surface area (Å²) >= 11 is 5.92. The summed E-state index contributed by atoms with van der Waals surface area (Å²) in [6, 6.07) is 4.11. The minimum atomic E-state index is -0.0569. The zero-order valence-electron chi connectivity index (χ0n) is 11.6. The van der Waals surface area contributed by atoms with Crippen molar-refractivity contribution in [2.45, 2.75) is 23.1 Å². The lowest BCUT2D eigenvalue weighted by atomic mass is 9.97. The highest BCUT2D eigenvalue weighted by Gasteiger charge is 2.33. The Bertz CT molecular complexity index is 687. The highest BCUT2D eigenvalue weighted by atomic mass is 32.2. The second-order valence-corrected chi connectivity index (χ2v) is 7.88. The molecule has 2 aromatic heterocycles. The van der Waals surface area contributed by atoms with Gasteiger partial charge in [-0.2, -0.15) is 0 Å². The van der Waals surface area contributed by atoms with Crippen molar-refractivity contribution in [2.75, 3.05) is 19.6 Å². The highest BCUT2D eigenvalue weighted by Crippen LogP contribution is 2.29. The Morgan fingerprint density at radius 3 is 3.19 bits per heavy atom. The van der Waals surface area contributed by atoms with Crippen LogP contribution in [-0.2, 0) is 0 Å². The Morgan fingerprint density at radius 2 is 2.33 bits per heavy atom. The summed E-state index contributed by atoms with van der Waals surface area (Å²) in [5.74, 6) is 0.696. The molecular weight excluding hydrogens is 302 g/mol. The minimum Gasteiger partial charge on any atom is -0.347 e. The molecule has 0 radical (unpaired) electrons. The first-order valence-corrected chi connectivity index (χ1v) is 8.55. The van der Waals surface area contributed by atoms with Gasteiger partial charge in [-0.05, 0) is 37.4 Å². The topological polar surface area (TPSA) is 45.2 Å². The van der Waals surface area contributed by atoms with Crippen LogP contribution in [0.15, 0.2) is 22.5 Å². The van der Waals surface area contributed by atoms with Crippen LogP contribution in [0.1, 0.15) is 23.3 Å². The van der Waals surface area contributed by atoms with Crippen LogP contribution in [0.5, 0.6) is 0 Å². The molecular formula is C15H17N3OS2. The molecule has 0 spiro atoms. The Kier molecular flexibility index (Phi) is 3.40.